The zero-order valence-electron chi connectivity index (χ0n) is 19.0. The van der Waals surface area contributed by atoms with E-state index in [2.05, 4.69) is 15.2 Å². The molecule has 5 rings (SSSR count). The lowest BCUT2D eigenvalue weighted by molar-refractivity contribution is -0.132. The molecule has 1 amide bonds. The summed E-state index contributed by atoms with van der Waals surface area (Å²) in [6, 6.07) is 15.6. The maximum atomic E-state index is 13.4. The van der Waals surface area contributed by atoms with E-state index in [0.717, 1.165) is 5.56 Å². The van der Waals surface area contributed by atoms with Crippen molar-refractivity contribution >= 4 is 45.7 Å². The fourth-order valence-corrected chi connectivity index (χ4v) is 5.67. The summed E-state index contributed by atoms with van der Waals surface area (Å²) in [6.45, 7) is 2.03. The normalized spacial score (nSPS) is 17.1. The van der Waals surface area contributed by atoms with Crippen LogP contribution >= 0.6 is 23.1 Å². The number of carbonyl (C=O) groups excluding carboxylic acids is 2. The van der Waals surface area contributed by atoms with Gasteiger partial charge in [-0.3, -0.25) is 19.5 Å². The second kappa shape index (κ2) is 10.00. The summed E-state index contributed by atoms with van der Waals surface area (Å²) in [4.78, 5) is 31.6. The highest BCUT2D eigenvalue weighted by Crippen LogP contribution is 2.43. The van der Waals surface area contributed by atoms with Gasteiger partial charge >= 0.3 is 5.91 Å². The number of Topliss-reactive ketones (excluding diaryl/α,β-unsaturated/α-hetero) is 1. The molecule has 1 aliphatic rings. The van der Waals surface area contributed by atoms with Crippen molar-refractivity contribution in [2.75, 3.05) is 4.90 Å². The average Bonchev–Trinajstić information content (AvgIpc) is 3.46. The van der Waals surface area contributed by atoms with E-state index in [-0.39, 0.29) is 16.3 Å². The summed E-state index contributed by atoms with van der Waals surface area (Å²) in [5.74, 6) is -1.89. The van der Waals surface area contributed by atoms with Gasteiger partial charge in [0.2, 0.25) is 5.13 Å². The molecular formula is C26H19FN4O3S2. The van der Waals surface area contributed by atoms with Crippen molar-refractivity contribution < 1.29 is 19.1 Å². The summed E-state index contributed by atoms with van der Waals surface area (Å²) >= 11 is 2.67. The van der Waals surface area contributed by atoms with E-state index >= 15 is 0 Å². The van der Waals surface area contributed by atoms with E-state index in [1.807, 2.05) is 31.2 Å². The Balaban J connectivity index is 1.51. The van der Waals surface area contributed by atoms with Gasteiger partial charge in [0.1, 0.15) is 11.6 Å². The van der Waals surface area contributed by atoms with E-state index in [9.17, 15) is 19.1 Å². The molecule has 1 saturated heterocycles. The SMILES string of the molecule is Cc1ccc(CSc2nnc(N3C(=O)C(=O)C(=C(O)c4ccc(F)cc4)[C@@H]3c3ccncc3)s2)cc1. The minimum Gasteiger partial charge on any atom is -0.507 e. The molecule has 2 aromatic carbocycles. The molecule has 36 heavy (non-hydrogen) atoms. The van der Waals surface area contributed by atoms with Crippen LogP contribution in [-0.2, 0) is 15.3 Å². The van der Waals surface area contributed by atoms with E-state index in [1.54, 1.807) is 12.1 Å². The lowest BCUT2D eigenvalue weighted by Crippen LogP contribution is -2.29. The van der Waals surface area contributed by atoms with Crippen molar-refractivity contribution in [3.63, 3.8) is 0 Å². The zero-order valence-corrected chi connectivity index (χ0v) is 20.6. The molecule has 1 aliphatic heterocycles. The summed E-state index contributed by atoms with van der Waals surface area (Å²) < 4.78 is 14.1. The van der Waals surface area contributed by atoms with Crippen LogP contribution in [0.15, 0.2) is 83.0 Å². The maximum Gasteiger partial charge on any atom is 0.301 e. The first kappa shape index (κ1) is 23.8. The van der Waals surface area contributed by atoms with Gasteiger partial charge in [0.25, 0.3) is 5.78 Å². The number of pyridine rings is 1. The molecule has 1 fully saturated rings. The molecule has 0 radical (unpaired) electrons. The highest BCUT2D eigenvalue weighted by atomic mass is 32.2. The van der Waals surface area contributed by atoms with Gasteiger partial charge in [-0.25, -0.2) is 4.39 Å². The number of ketones is 1. The van der Waals surface area contributed by atoms with Gasteiger partial charge in [-0.15, -0.1) is 10.2 Å². The van der Waals surface area contributed by atoms with Gasteiger partial charge in [0.15, 0.2) is 4.34 Å². The maximum absolute atomic E-state index is 13.4. The summed E-state index contributed by atoms with van der Waals surface area (Å²) in [7, 11) is 0. The van der Waals surface area contributed by atoms with Crippen molar-refractivity contribution in [1.29, 1.82) is 0 Å². The van der Waals surface area contributed by atoms with E-state index in [0.29, 0.717) is 15.7 Å². The number of aliphatic hydroxyl groups excluding tert-OH is 1. The number of aryl methyl sites for hydroxylation is 1. The first-order valence-electron chi connectivity index (χ1n) is 10.9. The van der Waals surface area contributed by atoms with Crippen LogP contribution in [0.5, 0.6) is 0 Å². The Labute approximate surface area is 214 Å². The number of anilines is 1. The summed E-state index contributed by atoms with van der Waals surface area (Å²) in [5, 5.41) is 19.7. The number of nitrogens with zero attached hydrogens (tertiary/aromatic N) is 4. The number of amides is 1. The molecule has 0 saturated carbocycles. The molecule has 4 aromatic rings. The number of thioether (sulfide) groups is 1. The van der Waals surface area contributed by atoms with Gasteiger partial charge in [-0.05, 0) is 54.4 Å². The van der Waals surface area contributed by atoms with Crippen molar-refractivity contribution in [3.05, 3.63) is 107 Å². The minimum atomic E-state index is -0.944. The number of hydrogen-bond acceptors (Lipinski definition) is 8. The fraction of sp³-hybridized carbons (Fsp3) is 0.115. The molecule has 7 nitrogen and oxygen atoms in total. The van der Waals surface area contributed by atoms with Crippen molar-refractivity contribution in [2.24, 2.45) is 0 Å². The Morgan fingerprint density at radius 3 is 2.42 bits per heavy atom. The van der Waals surface area contributed by atoms with E-state index in [4.69, 9.17) is 0 Å². The van der Waals surface area contributed by atoms with Gasteiger partial charge in [0, 0.05) is 23.7 Å². The van der Waals surface area contributed by atoms with Gasteiger partial charge in [-0.1, -0.05) is 52.9 Å². The minimum absolute atomic E-state index is 0.109. The second-order valence-electron chi connectivity index (χ2n) is 8.08. The first-order chi connectivity index (χ1) is 17.4. The Kier molecular flexibility index (Phi) is 6.62. The number of halogens is 1. The standard InChI is InChI=1S/C26H19FN4O3S2/c1-15-2-4-16(5-3-15)14-35-26-30-29-25(36-26)31-21(17-10-12-28-13-11-17)20(23(33)24(31)34)22(32)18-6-8-19(27)9-7-18/h2-13,21,32H,14H2,1H3/t21-/m0/s1. The summed E-state index contributed by atoms with van der Waals surface area (Å²) in [5.41, 5.74) is 2.98. The van der Waals surface area contributed by atoms with Crippen molar-refractivity contribution in [3.8, 4) is 0 Å². The number of aliphatic hydroxyl groups is 1. The quantitative estimate of drug-likeness (QED) is 0.122. The third-order valence-corrected chi connectivity index (χ3v) is 7.80. The number of benzene rings is 2. The highest BCUT2D eigenvalue weighted by molar-refractivity contribution is 8.00. The lowest BCUT2D eigenvalue weighted by Gasteiger charge is -2.22. The van der Waals surface area contributed by atoms with Crippen LogP contribution < -0.4 is 4.90 Å². The predicted molar refractivity (Wildman–Crippen MR) is 136 cm³/mol. The number of carbonyl (C=O) groups is 2. The second-order valence-corrected chi connectivity index (χ2v) is 10.3. The Hall–Kier alpha value is -3.89. The third kappa shape index (κ3) is 4.65. The van der Waals surface area contributed by atoms with E-state index in [1.165, 1.54) is 70.2 Å². The number of rotatable bonds is 6. The first-order valence-corrected chi connectivity index (χ1v) is 12.7. The number of hydrogen-bond donors (Lipinski definition) is 1. The van der Waals surface area contributed by atoms with Crippen LogP contribution in [0.3, 0.4) is 0 Å². The monoisotopic (exact) mass is 518 g/mol. The molecule has 0 aliphatic carbocycles. The van der Waals surface area contributed by atoms with Crippen LogP contribution in [-0.4, -0.2) is 32.0 Å². The van der Waals surface area contributed by atoms with Crippen molar-refractivity contribution in [2.45, 2.75) is 23.1 Å². The summed E-state index contributed by atoms with van der Waals surface area (Å²) in [6.07, 6.45) is 3.08. The molecule has 2 aromatic heterocycles. The molecule has 3 heterocycles. The molecule has 1 N–H and O–H groups in total. The molecular weight excluding hydrogens is 499 g/mol. The van der Waals surface area contributed by atoms with Gasteiger partial charge in [0.05, 0.1) is 11.6 Å². The lowest BCUT2D eigenvalue weighted by atomic mass is 9.96. The predicted octanol–water partition coefficient (Wildman–Crippen LogP) is 5.30. The Morgan fingerprint density at radius 1 is 1.03 bits per heavy atom. The molecule has 0 unspecified atom stereocenters. The largest absolute Gasteiger partial charge is 0.507 e. The fourth-order valence-electron chi connectivity index (χ4n) is 3.84. The molecule has 1 atom stereocenters. The van der Waals surface area contributed by atoms with E-state index < -0.39 is 29.3 Å². The molecule has 10 heteroatoms. The van der Waals surface area contributed by atoms with Gasteiger partial charge < -0.3 is 5.11 Å². The zero-order chi connectivity index (χ0) is 25.2. The van der Waals surface area contributed by atoms with Crippen LogP contribution in [0.25, 0.3) is 5.76 Å². The van der Waals surface area contributed by atoms with Crippen LogP contribution in [0, 0.1) is 12.7 Å². The van der Waals surface area contributed by atoms with Gasteiger partial charge in [-0.2, -0.15) is 0 Å². The van der Waals surface area contributed by atoms with Crippen molar-refractivity contribution in [1.82, 2.24) is 15.2 Å². The highest BCUT2D eigenvalue weighted by Gasteiger charge is 2.48. The third-order valence-electron chi connectivity index (χ3n) is 5.67. The Bertz CT molecular complexity index is 1450. The van der Waals surface area contributed by atoms with Crippen LogP contribution in [0.2, 0.25) is 0 Å². The molecule has 0 spiro atoms. The molecule has 180 valence electrons. The molecule has 0 bridgehead atoms. The average molecular weight is 519 g/mol. The number of aromatic nitrogens is 3. The topological polar surface area (TPSA) is 96.3 Å². The Morgan fingerprint density at radius 2 is 1.72 bits per heavy atom. The van der Waals surface area contributed by atoms with Crippen LogP contribution in [0.1, 0.15) is 28.3 Å². The smallest absolute Gasteiger partial charge is 0.301 e. The van der Waals surface area contributed by atoms with Crippen LogP contribution in [0.4, 0.5) is 9.52 Å².